The van der Waals surface area contributed by atoms with Crippen LogP contribution in [0.15, 0.2) is 4.99 Å². The molecule has 0 radical (unpaired) electrons. The average Bonchev–Trinajstić information content (AvgIpc) is 1.99. The fourth-order valence-corrected chi connectivity index (χ4v) is 2.01. The van der Waals surface area contributed by atoms with E-state index in [4.69, 9.17) is 0 Å². The van der Waals surface area contributed by atoms with Gasteiger partial charge in [-0.2, -0.15) is 0 Å². The maximum atomic E-state index is 10.1. The highest BCUT2D eigenvalue weighted by molar-refractivity contribution is 5.33. The number of hydrogen-bond donors (Lipinski definition) is 0. The minimum Gasteiger partial charge on any atom is -0.211 e. The van der Waals surface area contributed by atoms with Gasteiger partial charge in [0.1, 0.15) is 0 Å². The quantitative estimate of drug-likeness (QED) is 0.436. The molecule has 0 N–H and O–H groups in total. The third-order valence-corrected chi connectivity index (χ3v) is 3.35. The average molecular weight is 167 g/mol. The second-order valence-electron chi connectivity index (χ2n) is 4.46. The van der Waals surface area contributed by atoms with Gasteiger partial charge in [-0.1, -0.05) is 27.2 Å². The van der Waals surface area contributed by atoms with E-state index in [1.54, 1.807) is 6.08 Å². The van der Waals surface area contributed by atoms with E-state index in [1.807, 2.05) is 0 Å². The van der Waals surface area contributed by atoms with Crippen LogP contribution in [-0.4, -0.2) is 12.1 Å². The molecule has 2 atom stereocenters. The standard InChI is InChI=1S/C10H17NO/c1-8-9(11-7-12)5-4-6-10(8,2)3/h8-9H,4-6H2,1-3H3. The lowest BCUT2D eigenvalue weighted by molar-refractivity contribution is 0.131. The van der Waals surface area contributed by atoms with Crippen LogP contribution in [0.4, 0.5) is 0 Å². The molecule has 2 heteroatoms. The molecule has 0 amide bonds. The summed E-state index contributed by atoms with van der Waals surface area (Å²) in [5.74, 6) is 0.507. The summed E-state index contributed by atoms with van der Waals surface area (Å²) in [6, 6.07) is 0.214. The molecule has 0 spiro atoms. The van der Waals surface area contributed by atoms with Crippen molar-refractivity contribution in [2.24, 2.45) is 16.3 Å². The van der Waals surface area contributed by atoms with Crippen molar-refractivity contribution in [2.75, 3.05) is 0 Å². The van der Waals surface area contributed by atoms with E-state index in [1.165, 1.54) is 12.8 Å². The van der Waals surface area contributed by atoms with E-state index in [-0.39, 0.29) is 6.04 Å². The van der Waals surface area contributed by atoms with Crippen molar-refractivity contribution in [1.82, 2.24) is 0 Å². The Bertz CT molecular complexity index is 204. The minimum absolute atomic E-state index is 0.214. The molecule has 1 aliphatic rings. The molecule has 68 valence electrons. The topological polar surface area (TPSA) is 29.4 Å². The van der Waals surface area contributed by atoms with E-state index in [0.717, 1.165) is 6.42 Å². The number of isocyanates is 1. The van der Waals surface area contributed by atoms with Gasteiger partial charge in [-0.3, -0.25) is 0 Å². The molecular formula is C10H17NO. The van der Waals surface area contributed by atoms with Crippen LogP contribution in [0.5, 0.6) is 0 Å². The lowest BCUT2D eigenvalue weighted by Gasteiger charge is -2.39. The summed E-state index contributed by atoms with van der Waals surface area (Å²) in [4.78, 5) is 14.0. The zero-order chi connectivity index (χ0) is 9.19. The van der Waals surface area contributed by atoms with Gasteiger partial charge in [0.05, 0.1) is 6.04 Å². The van der Waals surface area contributed by atoms with Crippen LogP contribution in [0.2, 0.25) is 0 Å². The van der Waals surface area contributed by atoms with Gasteiger partial charge in [-0.15, -0.1) is 0 Å². The smallest absolute Gasteiger partial charge is 0.211 e. The first-order chi connectivity index (χ1) is 5.58. The van der Waals surface area contributed by atoms with Crippen molar-refractivity contribution in [3.63, 3.8) is 0 Å². The monoisotopic (exact) mass is 167 g/mol. The van der Waals surface area contributed by atoms with Crippen LogP contribution in [0.1, 0.15) is 40.0 Å². The van der Waals surface area contributed by atoms with Crippen molar-refractivity contribution >= 4 is 6.08 Å². The van der Waals surface area contributed by atoms with E-state index < -0.39 is 0 Å². The summed E-state index contributed by atoms with van der Waals surface area (Å²) in [7, 11) is 0. The first kappa shape index (κ1) is 9.47. The Morgan fingerprint density at radius 2 is 2.17 bits per heavy atom. The van der Waals surface area contributed by atoms with Crippen LogP contribution in [0.3, 0.4) is 0 Å². The van der Waals surface area contributed by atoms with E-state index in [9.17, 15) is 4.79 Å². The number of nitrogens with zero attached hydrogens (tertiary/aromatic N) is 1. The Morgan fingerprint density at radius 1 is 1.50 bits per heavy atom. The third kappa shape index (κ3) is 1.75. The summed E-state index contributed by atoms with van der Waals surface area (Å²) >= 11 is 0. The van der Waals surface area contributed by atoms with Crippen molar-refractivity contribution in [1.29, 1.82) is 0 Å². The lowest BCUT2D eigenvalue weighted by atomic mass is 9.67. The molecule has 1 aliphatic carbocycles. The molecule has 1 fully saturated rings. The highest BCUT2D eigenvalue weighted by Crippen LogP contribution is 2.41. The fourth-order valence-electron chi connectivity index (χ4n) is 2.01. The van der Waals surface area contributed by atoms with Gasteiger partial charge in [-0.05, 0) is 24.2 Å². The number of aliphatic imine (C=N–C) groups is 1. The Morgan fingerprint density at radius 3 is 2.75 bits per heavy atom. The molecule has 0 bridgehead atoms. The van der Waals surface area contributed by atoms with Gasteiger partial charge in [0, 0.05) is 0 Å². The largest absolute Gasteiger partial charge is 0.235 e. The van der Waals surface area contributed by atoms with Crippen LogP contribution in [0, 0.1) is 11.3 Å². The minimum atomic E-state index is 0.214. The molecule has 0 heterocycles. The molecule has 2 unspecified atom stereocenters. The molecule has 0 saturated heterocycles. The molecule has 2 nitrogen and oxygen atoms in total. The predicted molar refractivity (Wildman–Crippen MR) is 48.7 cm³/mol. The van der Waals surface area contributed by atoms with E-state index in [0.29, 0.717) is 11.3 Å². The highest BCUT2D eigenvalue weighted by Gasteiger charge is 2.35. The summed E-state index contributed by atoms with van der Waals surface area (Å²) in [6.45, 7) is 6.69. The van der Waals surface area contributed by atoms with Gasteiger partial charge in [0.25, 0.3) is 0 Å². The predicted octanol–water partition coefficient (Wildman–Crippen LogP) is 2.54. The molecule has 1 rings (SSSR count). The van der Waals surface area contributed by atoms with Crippen molar-refractivity contribution in [2.45, 2.75) is 46.1 Å². The first-order valence-electron chi connectivity index (χ1n) is 4.65. The highest BCUT2D eigenvalue weighted by atomic mass is 16.1. The molecule has 1 saturated carbocycles. The van der Waals surface area contributed by atoms with E-state index >= 15 is 0 Å². The number of carbonyl (C=O) groups excluding carboxylic acids is 1. The lowest BCUT2D eigenvalue weighted by Crippen LogP contribution is -2.35. The van der Waals surface area contributed by atoms with Crippen molar-refractivity contribution in [3.05, 3.63) is 0 Å². The summed E-state index contributed by atoms with van der Waals surface area (Å²) in [5.41, 5.74) is 0.337. The first-order valence-corrected chi connectivity index (χ1v) is 4.65. The number of rotatable bonds is 1. The van der Waals surface area contributed by atoms with Gasteiger partial charge in [0.2, 0.25) is 6.08 Å². The Kier molecular flexibility index (Phi) is 2.69. The number of hydrogen-bond acceptors (Lipinski definition) is 2. The third-order valence-electron chi connectivity index (χ3n) is 3.35. The fraction of sp³-hybridized carbons (Fsp3) is 0.900. The summed E-state index contributed by atoms with van der Waals surface area (Å²) in [6.07, 6.45) is 5.17. The molecule has 0 aliphatic heterocycles. The second kappa shape index (κ2) is 3.40. The zero-order valence-electron chi connectivity index (χ0n) is 8.13. The maximum absolute atomic E-state index is 10.1. The summed E-state index contributed by atoms with van der Waals surface area (Å²) in [5, 5.41) is 0. The normalized spacial score (nSPS) is 33.9. The van der Waals surface area contributed by atoms with Gasteiger partial charge in [0.15, 0.2) is 0 Å². The molecule has 0 aromatic carbocycles. The van der Waals surface area contributed by atoms with Gasteiger partial charge >= 0.3 is 0 Å². The van der Waals surface area contributed by atoms with Crippen LogP contribution < -0.4 is 0 Å². The van der Waals surface area contributed by atoms with Crippen LogP contribution in [-0.2, 0) is 4.79 Å². The Balaban J connectivity index is 2.72. The Hall–Kier alpha value is -0.620. The van der Waals surface area contributed by atoms with Gasteiger partial charge in [-0.25, -0.2) is 9.79 Å². The van der Waals surface area contributed by atoms with Crippen molar-refractivity contribution < 1.29 is 4.79 Å². The second-order valence-corrected chi connectivity index (χ2v) is 4.46. The van der Waals surface area contributed by atoms with Gasteiger partial charge < -0.3 is 0 Å². The van der Waals surface area contributed by atoms with Crippen LogP contribution >= 0.6 is 0 Å². The summed E-state index contributed by atoms with van der Waals surface area (Å²) < 4.78 is 0. The van der Waals surface area contributed by atoms with Crippen LogP contribution in [0.25, 0.3) is 0 Å². The zero-order valence-corrected chi connectivity index (χ0v) is 8.13. The maximum Gasteiger partial charge on any atom is 0.235 e. The van der Waals surface area contributed by atoms with E-state index in [2.05, 4.69) is 25.8 Å². The van der Waals surface area contributed by atoms with Crippen molar-refractivity contribution in [3.8, 4) is 0 Å². The molecular weight excluding hydrogens is 150 g/mol. The molecule has 12 heavy (non-hydrogen) atoms. The molecule has 0 aromatic rings. The Labute approximate surface area is 74.1 Å². The SMILES string of the molecule is CC1C(N=C=O)CCCC1(C)C. The molecule has 0 aromatic heterocycles.